The second-order valence-corrected chi connectivity index (χ2v) is 39.9. The fraction of sp³-hybridized carbons (Fsp3) is 0.209. The van der Waals surface area contributed by atoms with E-state index < -0.39 is 101 Å². The van der Waals surface area contributed by atoms with Gasteiger partial charge in [0, 0.05) is 42.5 Å². The monoisotopic (exact) mass is 2170 g/mol. The molecule has 0 radical (unpaired) electrons. The van der Waals surface area contributed by atoms with Gasteiger partial charge in [-0.05, 0) is 199 Å². The van der Waals surface area contributed by atoms with Crippen molar-refractivity contribution >= 4 is 308 Å². The molecule has 0 aliphatic carbocycles. The van der Waals surface area contributed by atoms with Crippen molar-refractivity contribution in [2.45, 2.75) is 99.9 Å². The van der Waals surface area contributed by atoms with Crippen LogP contribution in [-0.4, -0.2) is 181 Å². The molecule has 0 unspecified atom stereocenters. The number of nitrogens with zero attached hydrogens (tertiary/aromatic N) is 6. The molecule has 0 bridgehead atoms. The SMILES string of the molecule is CC(C)OC(=O)NC(=O)c1cc(F)sc1NC(=O)c1nc2ncccc2s1.CC(C)OC(=O)NC(=O)c1ccsc1NC(=O)c1cnc2ccsc2c1.CCOC(=O)NC(=O)c1ccsc1NC(=O)c1cnc2ccsc2c1.CCOC(=O)NC(=O)c1ccsc1NC(=O)c1nc2ccc(NC(=O)CCC(=O)OC(C)(C)C)cc2s1.CCOC(=O)NC(=O)c1ccsc1NC(=O)c1nc2ccc(NC(=O)CN)cc2s1. The fourth-order valence-corrected chi connectivity index (χ4v) is 19.7. The van der Waals surface area contributed by atoms with Gasteiger partial charge in [0.25, 0.3) is 59.1 Å². The Morgan fingerprint density at radius 1 is 0.366 bits per heavy atom. The van der Waals surface area contributed by atoms with Crippen LogP contribution >= 0.6 is 113 Å². The predicted molar refractivity (Wildman–Crippen MR) is 550 cm³/mol. The van der Waals surface area contributed by atoms with Crippen LogP contribution in [0.5, 0.6) is 0 Å². The molecule has 13 aromatic heterocycles. The van der Waals surface area contributed by atoms with Gasteiger partial charge in [-0.2, -0.15) is 4.39 Å². The summed E-state index contributed by atoms with van der Waals surface area (Å²) < 4.78 is 46.5. The number of ether oxygens (including phenoxy) is 6. The molecule has 0 fully saturated rings. The number of carbonyl (C=O) groups excluding carboxylic acids is 18. The van der Waals surface area contributed by atoms with Crippen molar-refractivity contribution in [3.05, 3.63) is 213 Å². The smallest absolute Gasteiger partial charge is 0.414 e. The number of aromatic nitrogens is 6. The molecule has 2 aromatic carbocycles. The molecule has 0 atom stereocenters. The second-order valence-electron chi connectivity index (χ2n) is 30.2. The van der Waals surface area contributed by atoms with E-state index in [1.54, 1.807) is 158 Å². The van der Waals surface area contributed by atoms with E-state index in [1.165, 1.54) is 82.0 Å². The largest absolute Gasteiger partial charge is 0.460 e. The van der Waals surface area contributed by atoms with Crippen molar-refractivity contribution in [1.29, 1.82) is 0 Å². The number of fused-ring (bicyclic) bond motifs is 5. The van der Waals surface area contributed by atoms with Crippen LogP contribution in [0, 0.1) is 5.13 Å². The topological polar surface area (TPSA) is 610 Å². The number of alkyl carbamates (subject to hydrolysis) is 5. The minimum Gasteiger partial charge on any atom is -0.460 e. The highest BCUT2D eigenvalue weighted by Gasteiger charge is 2.29. The van der Waals surface area contributed by atoms with Crippen LogP contribution in [0.25, 0.3) is 51.2 Å². The number of rotatable bonds is 26. The van der Waals surface area contributed by atoms with Gasteiger partial charge in [0.2, 0.25) is 11.8 Å². The minimum atomic E-state index is -0.962. The van der Waals surface area contributed by atoms with E-state index in [-0.39, 0.29) is 127 Å². The zero-order valence-corrected chi connectivity index (χ0v) is 85.6. The molecule has 14 N–H and O–H groups in total. The summed E-state index contributed by atoms with van der Waals surface area (Å²) in [6.45, 7) is 17.0. The van der Waals surface area contributed by atoms with Crippen LogP contribution in [0.4, 0.5) is 64.7 Å². The van der Waals surface area contributed by atoms with Crippen LogP contribution in [0.3, 0.4) is 0 Å². The highest BCUT2D eigenvalue weighted by atomic mass is 32.1. The van der Waals surface area contributed by atoms with Gasteiger partial charge in [-0.3, -0.25) is 98.9 Å². The molecule has 54 heteroatoms. The molecule has 17 amide bonds. The number of nitrogens with two attached hydrogens (primary N) is 1. The van der Waals surface area contributed by atoms with Crippen molar-refractivity contribution < 1.29 is 119 Å². The average molecular weight is 2170 g/mol. The number of benzene rings is 2. The van der Waals surface area contributed by atoms with Crippen LogP contribution in [0.1, 0.15) is 184 Å². The zero-order valence-electron chi connectivity index (χ0n) is 77.4. The van der Waals surface area contributed by atoms with Gasteiger partial charge in [0.1, 0.15) is 30.6 Å². The number of thiazole rings is 3. The Labute approximate surface area is 859 Å². The molecule has 43 nitrogen and oxygen atoms in total. The van der Waals surface area contributed by atoms with Crippen molar-refractivity contribution in [2.75, 3.05) is 63.6 Å². The lowest BCUT2D eigenvalue weighted by Crippen LogP contribution is -2.33. The summed E-state index contributed by atoms with van der Waals surface area (Å²) >= 11 is 11.5. The number of hydrogen-bond acceptors (Lipinski definition) is 41. The van der Waals surface area contributed by atoms with Crippen molar-refractivity contribution in [3.63, 3.8) is 0 Å². The van der Waals surface area contributed by atoms with Crippen LogP contribution < -0.4 is 69.5 Å². The summed E-state index contributed by atoms with van der Waals surface area (Å²) in [5, 5.41) is 40.1. The maximum atomic E-state index is 13.7. The highest BCUT2D eigenvalue weighted by molar-refractivity contribution is 7.22. The van der Waals surface area contributed by atoms with E-state index in [0.29, 0.717) is 69.9 Å². The summed E-state index contributed by atoms with van der Waals surface area (Å²) in [5.74, 6) is -7.09. The van der Waals surface area contributed by atoms with Gasteiger partial charge in [0.05, 0.1) is 130 Å². The van der Waals surface area contributed by atoms with Crippen molar-refractivity contribution in [3.8, 4) is 0 Å². The lowest BCUT2D eigenvalue weighted by atomic mass is 10.2. The Morgan fingerprint density at radius 3 is 1.13 bits per heavy atom. The van der Waals surface area contributed by atoms with E-state index >= 15 is 0 Å². The van der Waals surface area contributed by atoms with Crippen LogP contribution in [0.15, 0.2) is 154 Å². The number of pyridine rings is 3. The lowest BCUT2D eigenvalue weighted by Gasteiger charge is -2.19. The van der Waals surface area contributed by atoms with Gasteiger partial charge in [-0.1, -0.05) is 11.3 Å². The normalized spacial score (nSPS) is 10.7. The number of thiophene rings is 7. The number of nitrogens with one attached hydrogen (secondary N) is 12. The number of esters is 1. The Balaban J connectivity index is 0.000000174. The number of imide groups is 5. The standard InChI is InChI=1S/C24H26N4O7S2.C18H17N5O5S2.C17H15N3O4S2.C16H13FN4O4S2.C16H13N3O4S2/c1-5-34-23(33)28-19(31)14-10-11-36-21(14)27-20(32)22-26-15-7-6-13(12-16(15)37-22)25-17(29)8-9-18(30)35-24(2,3)4;1-2-28-18(27)23-14(25)10-5-6-29-16(10)22-15(26)17-21-11-4-3-9(7-12(11)30-17)20-13(24)8-19;1-9(2)24-17(23)20-15(22)11-3-5-26-16(11)19-14(21)10-7-13-12(18-8-10)4-6-25-13;1-7(2)25-16(24)21-12(22)8-6-10(17)27-14(8)20-13(23)15-19-11-9(26-15)4-3-5-18-11;1-2-23-16(22)19-14(21)10-3-5-25-15(10)18-13(20)9-7-12-11(17-8-9)4-6-24-12/h6-7,10-12H,5,8-9H2,1-4H3,(H,25,29)(H,27,32)(H,28,31,33);3-7H,2,8,19H2,1H3,(H,20,24)(H,22,26)(H,23,25,27);3-9H,1-2H3,(H,19,21)(H,20,22,23);3-7H,1-2H3,(H,20,23)(H,21,22,24);3-8H,2H2,1H3,(H,18,20)(H,19,21,22). The summed E-state index contributed by atoms with van der Waals surface area (Å²) in [5.41, 5.74) is 10.1. The third kappa shape index (κ3) is 32.2. The number of carbonyl (C=O) groups is 18. The maximum Gasteiger partial charge on any atom is 0.414 e. The van der Waals surface area contributed by atoms with Crippen molar-refractivity contribution in [1.82, 2.24) is 56.5 Å². The number of halogens is 1. The molecule has 0 aliphatic rings. The molecule has 13 heterocycles. The van der Waals surface area contributed by atoms with Gasteiger partial charge >= 0.3 is 36.4 Å². The zero-order chi connectivity index (χ0) is 105. The molecule has 754 valence electrons. The van der Waals surface area contributed by atoms with E-state index in [0.717, 1.165) is 87.9 Å². The number of hydrogen-bond donors (Lipinski definition) is 13. The molecule has 15 aromatic rings. The number of anilines is 7. The van der Waals surface area contributed by atoms with Crippen molar-refractivity contribution in [2.24, 2.45) is 5.73 Å². The van der Waals surface area contributed by atoms with Crippen LogP contribution in [-0.2, 0) is 42.8 Å². The first-order valence-electron chi connectivity index (χ1n) is 42.6. The molecule has 15 rings (SSSR count). The summed E-state index contributed by atoms with van der Waals surface area (Å²) in [7, 11) is 0. The van der Waals surface area contributed by atoms with E-state index in [4.69, 9.17) is 24.7 Å². The van der Waals surface area contributed by atoms with E-state index in [2.05, 4.69) is 97.9 Å². The quantitative estimate of drug-likeness (QED) is 0.0177. The highest BCUT2D eigenvalue weighted by Crippen LogP contribution is 2.35. The Morgan fingerprint density at radius 2 is 0.738 bits per heavy atom. The van der Waals surface area contributed by atoms with Gasteiger partial charge in [-0.25, -0.2) is 43.9 Å². The summed E-state index contributed by atoms with van der Waals surface area (Å²) in [6, 6.07) is 27.7. The van der Waals surface area contributed by atoms with Crippen LogP contribution in [0.2, 0.25) is 0 Å². The predicted octanol–water partition coefficient (Wildman–Crippen LogP) is 17.8. The first-order valence-corrected chi connectivity index (χ1v) is 51.1. The molecule has 145 heavy (non-hydrogen) atoms. The fourth-order valence-electron chi connectivity index (χ4n) is 11.6. The van der Waals surface area contributed by atoms with E-state index in [9.17, 15) is 90.7 Å². The molecular formula is C91H84FN19O24S10. The molecule has 0 saturated heterocycles. The number of amides is 17. The van der Waals surface area contributed by atoms with Gasteiger partial charge < -0.3 is 71.4 Å². The molecule has 0 saturated carbocycles. The van der Waals surface area contributed by atoms with E-state index in [1.807, 2.05) is 28.2 Å². The third-order valence-corrected chi connectivity index (χ3v) is 26.6. The third-order valence-electron chi connectivity index (χ3n) is 17.7. The second kappa shape index (κ2) is 51.8. The Bertz CT molecular complexity index is 7370. The maximum absolute atomic E-state index is 13.7. The average Bonchev–Trinajstić information content (AvgIpc) is 1.68. The first kappa shape index (κ1) is 110. The lowest BCUT2D eigenvalue weighted by molar-refractivity contribution is -0.155. The Kier molecular flexibility index (Phi) is 39.2. The molecular weight excluding hydrogens is 2080 g/mol. The Hall–Kier alpha value is -15.7. The summed E-state index contributed by atoms with van der Waals surface area (Å²) in [6.07, 6.45) is -0.696. The molecule has 0 aliphatic heterocycles. The summed E-state index contributed by atoms with van der Waals surface area (Å²) in [4.78, 5) is 242. The van der Waals surface area contributed by atoms with Gasteiger partial charge in [0.15, 0.2) is 25.8 Å². The van der Waals surface area contributed by atoms with Gasteiger partial charge in [-0.15, -0.1) is 102 Å². The minimum absolute atomic E-state index is 0.0316. The molecule has 0 spiro atoms. The first-order chi connectivity index (χ1) is 69.2.